The van der Waals surface area contributed by atoms with Crippen molar-refractivity contribution in [1.29, 1.82) is 0 Å². The van der Waals surface area contributed by atoms with Crippen LogP contribution in [-0.4, -0.2) is 30.4 Å². The third-order valence-corrected chi connectivity index (χ3v) is 2.58. The molecule has 1 fully saturated rings. The summed E-state index contributed by atoms with van der Waals surface area (Å²) < 4.78 is 0. The van der Waals surface area contributed by atoms with Crippen molar-refractivity contribution in [2.75, 3.05) is 24.2 Å². The van der Waals surface area contributed by atoms with Gasteiger partial charge in [-0.15, -0.1) is 24.8 Å². The van der Waals surface area contributed by atoms with Gasteiger partial charge in [0.25, 0.3) is 0 Å². The van der Waals surface area contributed by atoms with Gasteiger partial charge in [0.15, 0.2) is 0 Å². The molecule has 0 aromatic carbocycles. The van der Waals surface area contributed by atoms with Gasteiger partial charge in [-0.3, -0.25) is 9.59 Å². The number of hydrogen-bond acceptors (Lipinski definition) is 4. The minimum atomic E-state index is -0.130. The van der Waals surface area contributed by atoms with Crippen molar-refractivity contribution in [1.82, 2.24) is 10.3 Å². The van der Waals surface area contributed by atoms with Gasteiger partial charge in [0.1, 0.15) is 5.82 Å². The fourth-order valence-corrected chi connectivity index (χ4v) is 1.48. The molecule has 8 heteroatoms. The smallest absolute Gasteiger partial charge is 0.238 e. The zero-order chi connectivity index (χ0) is 13.0. The van der Waals surface area contributed by atoms with Crippen molar-refractivity contribution in [2.24, 2.45) is 5.92 Å². The second kappa shape index (κ2) is 8.73. The molecule has 1 aromatic rings. The summed E-state index contributed by atoms with van der Waals surface area (Å²) in [6.45, 7) is 0.250. The van der Waals surface area contributed by atoms with E-state index in [-0.39, 0.29) is 49.1 Å². The number of anilines is 2. The van der Waals surface area contributed by atoms with Crippen LogP contribution in [0.2, 0.25) is 0 Å². The molecule has 1 heterocycles. The highest BCUT2D eigenvalue weighted by atomic mass is 35.5. The van der Waals surface area contributed by atoms with Gasteiger partial charge in [0.05, 0.1) is 18.4 Å². The Balaban J connectivity index is 0.00000180. The lowest BCUT2D eigenvalue weighted by Crippen LogP contribution is -2.25. The van der Waals surface area contributed by atoms with Crippen molar-refractivity contribution < 1.29 is 9.59 Å². The molecule has 0 unspecified atom stereocenters. The monoisotopic (exact) mass is 320 g/mol. The molecule has 1 aromatic heterocycles. The molecule has 1 aliphatic rings. The number of aromatic nitrogens is 1. The van der Waals surface area contributed by atoms with Crippen LogP contribution in [0.15, 0.2) is 18.3 Å². The van der Waals surface area contributed by atoms with Crippen LogP contribution in [0.25, 0.3) is 0 Å². The number of nitrogens with one attached hydrogen (secondary N) is 3. The summed E-state index contributed by atoms with van der Waals surface area (Å²) >= 11 is 0. The third-order valence-electron chi connectivity index (χ3n) is 2.58. The molecule has 3 N–H and O–H groups in total. The molecule has 112 valence electrons. The summed E-state index contributed by atoms with van der Waals surface area (Å²) in [6, 6.07) is 3.39. The predicted molar refractivity (Wildman–Crippen MR) is 82.6 cm³/mol. The van der Waals surface area contributed by atoms with E-state index in [0.29, 0.717) is 11.5 Å². The Kier molecular flexibility index (Phi) is 8.13. The number of rotatable bonds is 5. The van der Waals surface area contributed by atoms with Crippen LogP contribution in [0.3, 0.4) is 0 Å². The molecule has 2 amide bonds. The number of halogens is 2. The van der Waals surface area contributed by atoms with E-state index in [2.05, 4.69) is 20.9 Å². The SMILES string of the molecule is CNCC(=O)Nc1ccc(NC(=O)C2CC2)nc1.Cl.Cl. The first-order valence-electron chi connectivity index (χ1n) is 5.90. The Morgan fingerprint density at radius 1 is 1.25 bits per heavy atom. The van der Waals surface area contributed by atoms with Gasteiger partial charge < -0.3 is 16.0 Å². The molecule has 20 heavy (non-hydrogen) atoms. The van der Waals surface area contributed by atoms with Crippen LogP contribution < -0.4 is 16.0 Å². The van der Waals surface area contributed by atoms with Gasteiger partial charge in [-0.25, -0.2) is 4.98 Å². The molecular formula is C12H18Cl2N4O2. The zero-order valence-electron chi connectivity index (χ0n) is 11.0. The summed E-state index contributed by atoms with van der Waals surface area (Å²) in [6.07, 6.45) is 3.45. The Bertz CT molecular complexity index is 449. The van der Waals surface area contributed by atoms with Crippen molar-refractivity contribution in [2.45, 2.75) is 12.8 Å². The Morgan fingerprint density at radius 2 is 1.95 bits per heavy atom. The average Bonchev–Trinajstić information content (AvgIpc) is 3.16. The van der Waals surface area contributed by atoms with Crippen LogP contribution in [0.1, 0.15) is 12.8 Å². The van der Waals surface area contributed by atoms with E-state index in [4.69, 9.17) is 0 Å². The molecule has 6 nitrogen and oxygen atoms in total. The highest BCUT2D eigenvalue weighted by molar-refractivity contribution is 5.94. The molecule has 2 rings (SSSR count). The topological polar surface area (TPSA) is 83.1 Å². The molecule has 0 spiro atoms. The van der Waals surface area contributed by atoms with Gasteiger partial charge in [0, 0.05) is 5.92 Å². The van der Waals surface area contributed by atoms with Crippen LogP contribution in [-0.2, 0) is 9.59 Å². The number of nitrogens with zero attached hydrogens (tertiary/aromatic N) is 1. The van der Waals surface area contributed by atoms with Gasteiger partial charge in [-0.05, 0) is 32.0 Å². The van der Waals surface area contributed by atoms with Gasteiger partial charge in [-0.1, -0.05) is 0 Å². The quantitative estimate of drug-likeness (QED) is 0.766. The first-order chi connectivity index (χ1) is 8.69. The van der Waals surface area contributed by atoms with Crippen molar-refractivity contribution >= 4 is 48.1 Å². The maximum Gasteiger partial charge on any atom is 0.238 e. The summed E-state index contributed by atoms with van der Waals surface area (Å²) in [5.74, 6) is 0.559. The molecule has 1 saturated carbocycles. The molecular weight excluding hydrogens is 303 g/mol. The summed E-state index contributed by atoms with van der Waals surface area (Å²) in [5.41, 5.74) is 0.611. The highest BCUT2D eigenvalue weighted by Gasteiger charge is 2.29. The maximum atomic E-state index is 11.5. The van der Waals surface area contributed by atoms with Gasteiger partial charge in [-0.2, -0.15) is 0 Å². The molecule has 0 aliphatic heterocycles. The van der Waals surface area contributed by atoms with E-state index in [9.17, 15) is 9.59 Å². The number of carbonyl (C=O) groups excluding carboxylic acids is 2. The Labute approximate surface area is 129 Å². The summed E-state index contributed by atoms with van der Waals surface area (Å²) in [5, 5.41) is 8.17. The molecule has 0 bridgehead atoms. The average molecular weight is 321 g/mol. The minimum absolute atomic E-state index is 0. The van der Waals surface area contributed by atoms with Gasteiger partial charge >= 0.3 is 0 Å². The van der Waals surface area contributed by atoms with Crippen molar-refractivity contribution in [3.63, 3.8) is 0 Å². The van der Waals surface area contributed by atoms with E-state index < -0.39 is 0 Å². The largest absolute Gasteiger partial charge is 0.324 e. The van der Waals surface area contributed by atoms with Crippen LogP contribution in [0.4, 0.5) is 11.5 Å². The van der Waals surface area contributed by atoms with Crippen LogP contribution >= 0.6 is 24.8 Å². The fraction of sp³-hybridized carbons (Fsp3) is 0.417. The third kappa shape index (κ3) is 5.73. The standard InChI is InChI=1S/C12H16N4O2.2ClH/c1-13-7-11(17)15-9-4-5-10(14-6-9)16-12(18)8-2-3-8;;/h4-6,8,13H,2-3,7H2,1H3,(H,15,17)(H,14,16,18);2*1H. The normalized spacial score (nSPS) is 12.7. The van der Waals surface area contributed by atoms with E-state index in [1.165, 1.54) is 6.20 Å². The van der Waals surface area contributed by atoms with Gasteiger partial charge in [0.2, 0.25) is 11.8 Å². The lowest BCUT2D eigenvalue weighted by Gasteiger charge is -2.06. The second-order valence-electron chi connectivity index (χ2n) is 4.27. The molecule has 0 atom stereocenters. The number of carbonyl (C=O) groups is 2. The first kappa shape index (κ1) is 18.6. The second-order valence-corrected chi connectivity index (χ2v) is 4.27. The number of amides is 2. The van der Waals surface area contributed by atoms with E-state index in [1.807, 2.05) is 0 Å². The van der Waals surface area contributed by atoms with Crippen LogP contribution in [0, 0.1) is 5.92 Å². The van der Waals surface area contributed by atoms with Crippen LogP contribution in [0.5, 0.6) is 0 Å². The Morgan fingerprint density at radius 3 is 2.45 bits per heavy atom. The fourth-order valence-electron chi connectivity index (χ4n) is 1.48. The number of hydrogen-bond donors (Lipinski definition) is 3. The highest BCUT2D eigenvalue weighted by Crippen LogP contribution is 2.29. The maximum absolute atomic E-state index is 11.5. The lowest BCUT2D eigenvalue weighted by molar-refractivity contribution is -0.117. The number of pyridine rings is 1. The van der Waals surface area contributed by atoms with Crippen molar-refractivity contribution in [3.8, 4) is 0 Å². The minimum Gasteiger partial charge on any atom is -0.324 e. The van der Waals surface area contributed by atoms with E-state index >= 15 is 0 Å². The Hall–Kier alpha value is -1.37. The first-order valence-corrected chi connectivity index (χ1v) is 5.90. The predicted octanol–water partition coefficient (Wildman–Crippen LogP) is 1.43. The molecule has 0 radical (unpaired) electrons. The summed E-state index contributed by atoms with van der Waals surface area (Å²) in [7, 11) is 1.70. The van der Waals surface area contributed by atoms with E-state index in [1.54, 1.807) is 19.2 Å². The zero-order valence-corrected chi connectivity index (χ0v) is 12.6. The summed E-state index contributed by atoms with van der Waals surface area (Å²) in [4.78, 5) is 26.9. The van der Waals surface area contributed by atoms with Crippen molar-refractivity contribution in [3.05, 3.63) is 18.3 Å². The molecule has 1 aliphatic carbocycles. The lowest BCUT2D eigenvalue weighted by atomic mass is 10.3. The van der Waals surface area contributed by atoms with E-state index in [0.717, 1.165) is 12.8 Å². The molecule has 0 saturated heterocycles. The number of likely N-dealkylation sites (N-methyl/N-ethyl adjacent to an activating group) is 1.